The van der Waals surface area contributed by atoms with Gasteiger partial charge in [-0.05, 0) is 117 Å². The van der Waals surface area contributed by atoms with E-state index >= 15 is 0 Å². The molecule has 12 unspecified atom stereocenters. The second-order valence-corrected chi connectivity index (χ2v) is 21.6. The first-order valence-corrected chi connectivity index (χ1v) is 27.8. The van der Waals surface area contributed by atoms with Gasteiger partial charge in [0.25, 0.3) is 0 Å². The number of esters is 1. The SMILES string of the molecule is CC1CN1C1CCCCC1OC(=O)CCCCCCCn1c(=O)n(CCCCCCNC(=O)OC2CCCCC2N2CC2C)c(=O)n(CCCCCCNC(=O)OC2CCCCC2N2CC2C)c1=O. The van der Waals surface area contributed by atoms with Gasteiger partial charge in [-0.25, -0.2) is 37.7 Å². The lowest BCUT2D eigenvalue weighted by atomic mass is 9.92. The van der Waals surface area contributed by atoms with E-state index in [-0.39, 0.29) is 56.1 Å². The second kappa shape index (κ2) is 26.7. The fourth-order valence-corrected chi connectivity index (χ4v) is 11.7. The summed E-state index contributed by atoms with van der Waals surface area (Å²) in [7, 11) is 0. The van der Waals surface area contributed by atoms with Crippen LogP contribution in [0.5, 0.6) is 0 Å². The average Bonchev–Trinajstić information content (AvgIpc) is 4.30. The lowest BCUT2D eigenvalue weighted by Crippen LogP contribution is -2.54. The molecule has 3 saturated heterocycles. The number of hydrogen-bond acceptors (Lipinski definition) is 12. The van der Waals surface area contributed by atoms with Gasteiger partial charge >= 0.3 is 35.2 Å². The summed E-state index contributed by atoms with van der Waals surface area (Å²) in [4.78, 5) is 86.7. The van der Waals surface area contributed by atoms with E-state index in [1.165, 1.54) is 33.0 Å². The summed E-state index contributed by atoms with van der Waals surface area (Å²) < 4.78 is 21.4. The fraction of sp³-hybridized carbons (Fsp3) is 0.885. The highest BCUT2D eigenvalue weighted by atomic mass is 16.6. The summed E-state index contributed by atoms with van der Waals surface area (Å²) in [6.07, 6.45) is 22.1. The first-order chi connectivity index (χ1) is 33.5. The average molecular weight is 969 g/mol. The molecule has 12 atom stereocenters. The van der Waals surface area contributed by atoms with Crippen LogP contribution in [-0.4, -0.2) is 134 Å². The number of carbonyl (C=O) groups excluding carboxylic acids is 3. The Morgan fingerprint density at radius 2 is 0.739 bits per heavy atom. The van der Waals surface area contributed by atoms with E-state index in [9.17, 15) is 28.8 Å². The first kappa shape index (κ1) is 53.1. The molecule has 7 rings (SSSR count). The molecular formula is C52H88N8O9. The number of nitrogens with zero attached hydrogens (tertiary/aromatic N) is 6. The fourth-order valence-electron chi connectivity index (χ4n) is 11.7. The van der Waals surface area contributed by atoms with Gasteiger partial charge in [0.15, 0.2) is 0 Å². The Kier molecular flexibility index (Phi) is 20.5. The standard InChI is InChI=1S/C52H88N8O9/c1-38-35-58(38)41-23-12-15-26-44(41)67-47(61)29-11-5-4-8-20-32-55-50(64)56(33-21-9-6-18-30-53-48(62)68-45-27-16-13-24-42(45)59-36-39(59)2)52(66)57(51(55)65)34-22-10-7-19-31-54-49(63)69-46-28-17-14-25-43(46)60-37-40(60)3/h38-46H,4-37H2,1-3H3,(H,53,62)(H,54,63). The number of hydrogen-bond donors (Lipinski definition) is 2. The van der Waals surface area contributed by atoms with Gasteiger partial charge in [0.2, 0.25) is 0 Å². The van der Waals surface area contributed by atoms with Crippen molar-refractivity contribution in [3.8, 4) is 0 Å². The number of nitrogens with one attached hydrogen (secondary N) is 2. The number of alkyl carbamates (subject to hydrolysis) is 2. The third-order valence-corrected chi connectivity index (χ3v) is 16.1. The summed E-state index contributed by atoms with van der Waals surface area (Å²) in [5.74, 6) is -0.113. The minimum Gasteiger partial charge on any atom is -0.461 e. The van der Waals surface area contributed by atoms with Crippen molar-refractivity contribution in [2.24, 2.45) is 0 Å². The zero-order valence-electron chi connectivity index (χ0n) is 42.6. The van der Waals surface area contributed by atoms with Gasteiger partial charge in [-0.3, -0.25) is 19.5 Å². The van der Waals surface area contributed by atoms with Crippen LogP contribution in [0, 0.1) is 0 Å². The van der Waals surface area contributed by atoms with Crippen LogP contribution in [0.1, 0.15) is 188 Å². The van der Waals surface area contributed by atoms with Gasteiger partial charge in [0.1, 0.15) is 18.3 Å². The van der Waals surface area contributed by atoms with Gasteiger partial charge in [-0.15, -0.1) is 0 Å². The second-order valence-electron chi connectivity index (χ2n) is 21.6. The molecule has 3 aliphatic heterocycles. The summed E-state index contributed by atoms with van der Waals surface area (Å²) in [5.41, 5.74) is -1.70. The molecule has 17 nitrogen and oxygen atoms in total. The van der Waals surface area contributed by atoms with E-state index in [0.29, 0.717) is 75.0 Å². The molecule has 17 heteroatoms. The van der Waals surface area contributed by atoms with E-state index < -0.39 is 17.1 Å². The Morgan fingerprint density at radius 1 is 0.435 bits per heavy atom. The minimum absolute atomic E-state index is 0.00287. The molecule has 4 heterocycles. The Balaban J connectivity index is 0.833. The Hall–Kier alpha value is -3.70. The number of amides is 2. The highest BCUT2D eigenvalue weighted by Crippen LogP contribution is 2.35. The lowest BCUT2D eigenvalue weighted by molar-refractivity contribution is -0.153. The van der Waals surface area contributed by atoms with Crippen molar-refractivity contribution in [3.63, 3.8) is 0 Å². The molecule has 1 aromatic heterocycles. The zero-order valence-corrected chi connectivity index (χ0v) is 42.6. The normalized spacial score (nSPS) is 30.5. The minimum atomic E-state index is -0.568. The topological polar surface area (TPSA) is 178 Å². The largest absolute Gasteiger partial charge is 0.461 e. The molecule has 390 valence electrons. The molecule has 3 saturated carbocycles. The lowest BCUT2D eigenvalue weighted by Gasteiger charge is -2.32. The molecule has 0 bridgehead atoms. The molecular weight excluding hydrogens is 881 g/mol. The van der Waals surface area contributed by atoms with Gasteiger partial charge in [0.05, 0.1) is 0 Å². The highest BCUT2D eigenvalue weighted by molar-refractivity contribution is 5.69. The van der Waals surface area contributed by atoms with Crippen molar-refractivity contribution in [2.75, 3.05) is 32.7 Å². The van der Waals surface area contributed by atoms with Gasteiger partial charge in [-0.2, -0.15) is 0 Å². The van der Waals surface area contributed by atoms with E-state index in [1.807, 2.05) is 0 Å². The first-order valence-electron chi connectivity index (χ1n) is 27.8. The molecule has 3 aliphatic carbocycles. The Morgan fingerprint density at radius 3 is 1.10 bits per heavy atom. The van der Waals surface area contributed by atoms with E-state index in [0.717, 1.165) is 142 Å². The summed E-state index contributed by atoms with van der Waals surface area (Å²) in [5, 5.41) is 5.84. The Labute approximate surface area is 410 Å². The van der Waals surface area contributed by atoms with Crippen molar-refractivity contribution in [3.05, 3.63) is 31.5 Å². The number of rotatable bonds is 28. The monoisotopic (exact) mass is 969 g/mol. The zero-order chi connectivity index (χ0) is 48.7. The molecule has 6 fully saturated rings. The van der Waals surface area contributed by atoms with E-state index in [4.69, 9.17) is 14.2 Å². The molecule has 1 aromatic rings. The predicted octanol–water partition coefficient (Wildman–Crippen LogP) is 6.67. The predicted molar refractivity (Wildman–Crippen MR) is 266 cm³/mol. The summed E-state index contributed by atoms with van der Waals surface area (Å²) >= 11 is 0. The molecule has 6 aliphatic rings. The summed E-state index contributed by atoms with van der Waals surface area (Å²) in [6, 6.07) is 2.74. The van der Waals surface area contributed by atoms with Crippen LogP contribution in [0.4, 0.5) is 9.59 Å². The van der Waals surface area contributed by atoms with Crippen LogP contribution in [0.3, 0.4) is 0 Å². The van der Waals surface area contributed by atoms with Crippen LogP contribution in [0.15, 0.2) is 14.4 Å². The van der Waals surface area contributed by atoms with Crippen molar-refractivity contribution >= 4 is 18.2 Å². The molecule has 2 amide bonds. The Bertz CT molecular complexity index is 1740. The maximum absolute atomic E-state index is 13.8. The maximum Gasteiger partial charge on any atom is 0.407 e. The van der Waals surface area contributed by atoms with E-state index in [2.05, 4.69) is 46.1 Å². The third kappa shape index (κ3) is 15.9. The quantitative estimate of drug-likeness (QED) is 0.0395. The van der Waals surface area contributed by atoms with Gasteiger partial charge in [0, 0.05) is 95.0 Å². The van der Waals surface area contributed by atoms with Crippen LogP contribution in [0.2, 0.25) is 0 Å². The van der Waals surface area contributed by atoms with Gasteiger partial charge in [-0.1, -0.05) is 64.2 Å². The smallest absolute Gasteiger partial charge is 0.407 e. The van der Waals surface area contributed by atoms with Crippen molar-refractivity contribution in [1.29, 1.82) is 0 Å². The van der Waals surface area contributed by atoms with Crippen LogP contribution < -0.4 is 27.7 Å². The van der Waals surface area contributed by atoms with Crippen molar-refractivity contribution in [2.45, 2.75) is 262 Å². The third-order valence-electron chi connectivity index (χ3n) is 16.1. The molecule has 0 radical (unpaired) electrons. The highest BCUT2D eigenvalue weighted by Gasteiger charge is 2.44. The van der Waals surface area contributed by atoms with Crippen LogP contribution >= 0.6 is 0 Å². The van der Waals surface area contributed by atoms with Crippen molar-refractivity contribution in [1.82, 2.24) is 39.0 Å². The van der Waals surface area contributed by atoms with Crippen molar-refractivity contribution < 1.29 is 28.6 Å². The number of unbranched alkanes of at least 4 members (excludes halogenated alkanes) is 10. The number of carbonyl (C=O) groups is 3. The maximum atomic E-state index is 13.8. The van der Waals surface area contributed by atoms with Crippen LogP contribution in [-0.2, 0) is 38.6 Å². The van der Waals surface area contributed by atoms with Crippen LogP contribution in [0.25, 0.3) is 0 Å². The molecule has 69 heavy (non-hydrogen) atoms. The summed E-state index contributed by atoms with van der Waals surface area (Å²) in [6.45, 7) is 11.5. The number of aromatic nitrogens is 3. The molecule has 0 spiro atoms. The molecule has 2 N–H and O–H groups in total. The van der Waals surface area contributed by atoms with Gasteiger partial charge < -0.3 is 24.8 Å². The molecule has 0 aromatic carbocycles. The van der Waals surface area contributed by atoms with E-state index in [1.54, 1.807) is 0 Å². The number of ether oxygens (including phenoxy) is 3.